The summed E-state index contributed by atoms with van der Waals surface area (Å²) in [6.07, 6.45) is -0.525. The average molecular weight is 292 g/mol. The largest absolute Gasteiger partial charge is 0.409 e. The lowest BCUT2D eigenvalue weighted by atomic mass is 10.3. The van der Waals surface area contributed by atoms with Gasteiger partial charge in [-0.2, -0.15) is 8.42 Å². The van der Waals surface area contributed by atoms with Gasteiger partial charge in [-0.1, -0.05) is 11.6 Å². The number of Topliss-reactive ketones (excluding diaryl/α,β-unsaturated/α-hetero) is 1. The Kier molecular flexibility index (Phi) is 4.69. The molecule has 8 heteroatoms. The first-order valence-electron chi connectivity index (χ1n) is 4.78. The van der Waals surface area contributed by atoms with Crippen molar-refractivity contribution >= 4 is 33.6 Å². The van der Waals surface area contributed by atoms with Gasteiger partial charge in [-0.25, -0.2) is 4.72 Å². The molecule has 0 bridgehead atoms. The van der Waals surface area contributed by atoms with Gasteiger partial charge in [-0.15, -0.1) is 0 Å². The van der Waals surface area contributed by atoms with Crippen LogP contribution in [0.15, 0.2) is 24.3 Å². The molecule has 18 heavy (non-hydrogen) atoms. The van der Waals surface area contributed by atoms with Crippen LogP contribution >= 0.6 is 11.6 Å². The summed E-state index contributed by atoms with van der Waals surface area (Å²) >= 11 is 5.61. The van der Waals surface area contributed by atoms with Crippen molar-refractivity contribution in [3.8, 4) is 5.75 Å². The number of ketones is 1. The SMILES string of the molecule is CC(=O)CC(=O)NS(=O)(=O)Oc1ccc(Cl)cc1. The maximum Gasteiger partial charge on any atom is 0.409 e. The number of rotatable bonds is 5. The number of carbonyl (C=O) groups excluding carboxylic acids is 2. The van der Waals surface area contributed by atoms with Crippen LogP contribution in [-0.4, -0.2) is 20.1 Å². The number of hydrogen-bond acceptors (Lipinski definition) is 5. The van der Waals surface area contributed by atoms with Gasteiger partial charge < -0.3 is 4.18 Å². The zero-order valence-corrected chi connectivity index (χ0v) is 10.9. The van der Waals surface area contributed by atoms with E-state index in [1.165, 1.54) is 31.2 Å². The minimum atomic E-state index is -4.29. The lowest BCUT2D eigenvalue weighted by Gasteiger charge is -2.07. The van der Waals surface area contributed by atoms with Gasteiger partial charge in [0.25, 0.3) is 0 Å². The fourth-order valence-electron chi connectivity index (χ4n) is 1.04. The summed E-state index contributed by atoms with van der Waals surface area (Å²) in [5.41, 5.74) is 0. The summed E-state index contributed by atoms with van der Waals surface area (Å²) in [5, 5.41) is 0.417. The van der Waals surface area contributed by atoms with Crippen LogP contribution in [0, 0.1) is 0 Å². The summed E-state index contributed by atoms with van der Waals surface area (Å²) in [6, 6.07) is 5.53. The number of benzene rings is 1. The highest BCUT2D eigenvalue weighted by molar-refractivity contribution is 7.85. The summed E-state index contributed by atoms with van der Waals surface area (Å²) < 4.78 is 28.9. The third-order valence-electron chi connectivity index (χ3n) is 1.67. The van der Waals surface area contributed by atoms with Crippen molar-refractivity contribution in [1.82, 2.24) is 4.72 Å². The van der Waals surface area contributed by atoms with Gasteiger partial charge in [-0.05, 0) is 31.2 Å². The van der Waals surface area contributed by atoms with E-state index in [-0.39, 0.29) is 5.75 Å². The number of halogens is 1. The molecule has 0 aliphatic heterocycles. The predicted molar refractivity (Wildman–Crippen MR) is 64.4 cm³/mol. The van der Waals surface area contributed by atoms with Gasteiger partial charge in [0.1, 0.15) is 11.5 Å². The molecule has 0 aliphatic carbocycles. The van der Waals surface area contributed by atoms with Gasteiger partial charge in [-0.3, -0.25) is 9.59 Å². The zero-order chi connectivity index (χ0) is 13.8. The summed E-state index contributed by atoms with van der Waals surface area (Å²) in [6.45, 7) is 1.17. The van der Waals surface area contributed by atoms with Crippen molar-refractivity contribution in [2.24, 2.45) is 0 Å². The third-order valence-corrected chi connectivity index (χ3v) is 2.81. The molecular formula is C10H10ClNO5S. The number of nitrogens with one attached hydrogen (secondary N) is 1. The molecule has 0 spiro atoms. The Morgan fingerprint density at radius 1 is 1.28 bits per heavy atom. The highest BCUT2D eigenvalue weighted by Gasteiger charge is 2.17. The Hall–Kier alpha value is -1.60. The topological polar surface area (TPSA) is 89.5 Å². The lowest BCUT2D eigenvalue weighted by molar-refractivity contribution is -0.126. The molecule has 0 aromatic heterocycles. The van der Waals surface area contributed by atoms with Gasteiger partial charge in [0.15, 0.2) is 0 Å². The molecule has 0 unspecified atom stereocenters. The average Bonchev–Trinajstić information content (AvgIpc) is 2.18. The summed E-state index contributed by atoms with van der Waals surface area (Å²) in [5.74, 6) is -1.40. The minimum absolute atomic E-state index is 0.00234. The summed E-state index contributed by atoms with van der Waals surface area (Å²) in [7, 11) is -4.29. The van der Waals surface area contributed by atoms with Gasteiger partial charge in [0, 0.05) is 5.02 Å². The number of hydrogen-bond donors (Lipinski definition) is 1. The van der Waals surface area contributed by atoms with Crippen molar-refractivity contribution < 1.29 is 22.2 Å². The van der Waals surface area contributed by atoms with E-state index in [0.717, 1.165) is 0 Å². The summed E-state index contributed by atoms with van der Waals surface area (Å²) in [4.78, 5) is 21.7. The smallest absolute Gasteiger partial charge is 0.367 e. The maximum atomic E-state index is 11.4. The molecule has 1 N–H and O–H groups in total. The molecule has 0 aliphatic rings. The molecule has 0 radical (unpaired) electrons. The Labute approximate surface area is 109 Å². The molecule has 0 fully saturated rings. The van der Waals surface area contributed by atoms with Gasteiger partial charge in [0.05, 0.1) is 6.42 Å². The van der Waals surface area contributed by atoms with Crippen molar-refractivity contribution in [3.05, 3.63) is 29.3 Å². The van der Waals surface area contributed by atoms with E-state index in [9.17, 15) is 18.0 Å². The second-order valence-corrected chi connectivity index (χ2v) is 5.11. The van der Waals surface area contributed by atoms with Crippen molar-refractivity contribution in [2.75, 3.05) is 0 Å². The fourth-order valence-corrected chi connectivity index (χ4v) is 1.92. The third kappa shape index (κ3) is 5.15. The van der Waals surface area contributed by atoms with Crippen LogP contribution in [0.5, 0.6) is 5.75 Å². The molecule has 98 valence electrons. The van der Waals surface area contributed by atoms with Gasteiger partial charge in [0.2, 0.25) is 5.91 Å². The fraction of sp³-hybridized carbons (Fsp3) is 0.200. The highest BCUT2D eigenvalue weighted by Crippen LogP contribution is 2.16. The van der Waals surface area contributed by atoms with Crippen LogP contribution in [0.2, 0.25) is 5.02 Å². The van der Waals surface area contributed by atoms with Crippen LogP contribution in [0.1, 0.15) is 13.3 Å². The van der Waals surface area contributed by atoms with E-state index >= 15 is 0 Å². The first-order valence-corrected chi connectivity index (χ1v) is 6.57. The van der Waals surface area contributed by atoms with E-state index in [0.29, 0.717) is 5.02 Å². The molecule has 1 aromatic rings. The Bertz CT molecular complexity index is 552. The minimum Gasteiger partial charge on any atom is -0.367 e. The van der Waals surface area contributed by atoms with Crippen LogP contribution in [0.4, 0.5) is 0 Å². The quantitative estimate of drug-likeness (QED) is 0.819. The molecule has 0 saturated heterocycles. The van der Waals surface area contributed by atoms with Crippen LogP contribution in [0.25, 0.3) is 0 Å². The molecule has 0 heterocycles. The van der Waals surface area contributed by atoms with Crippen LogP contribution in [0.3, 0.4) is 0 Å². The predicted octanol–water partition coefficient (Wildman–Crippen LogP) is 1.06. The molecule has 1 rings (SSSR count). The standard InChI is InChI=1S/C10H10ClNO5S/c1-7(13)6-10(14)12-18(15,16)17-9-4-2-8(11)3-5-9/h2-5H,6H2,1H3,(H,12,14). The van der Waals surface area contributed by atoms with Crippen LogP contribution < -0.4 is 8.91 Å². The molecule has 0 atom stereocenters. The Balaban J connectivity index is 2.68. The molecule has 0 saturated carbocycles. The van der Waals surface area contributed by atoms with Crippen LogP contribution in [-0.2, 0) is 19.9 Å². The van der Waals surface area contributed by atoms with E-state index < -0.39 is 28.4 Å². The molecular weight excluding hydrogens is 282 g/mol. The second-order valence-electron chi connectivity index (χ2n) is 3.40. The van der Waals surface area contributed by atoms with E-state index in [2.05, 4.69) is 4.18 Å². The van der Waals surface area contributed by atoms with Crippen molar-refractivity contribution in [3.63, 3.8) is 0 Å². The molecule has 6 nitrogen and oxygen atoms in total. The monoisotopic (exact) mass is 291 g/mol. The Morgan fingerprint density at radius 2 is 1.83 bits per heavy atom. The number of amides is 1. The van der Waals surface area contributed by atoms with Gasteiger partial charge >= 0.3 is 10.3 Å². The maximum absolute atomic E-state index is 11.4. The van der Waals surface area contributed by atoms with E-state index in [4.69, 9.17) is 11.6 Å². The van der Waals surface area contributed by atoms with E-state index in [1.807, 2.05) is 0 Å². The lowest BCUT2D eigenvalue weighted by Crippen LogP contribution is -2.34. The van der Waals surface area contributed by atoms with Crippen molar-refractivity contribution in [1.29, 1.82) is 0 Å². The normalized spacial score (nSPS) is 10.8. The zero-order valence-electron chi connectivity index (χ0n) is 9.34. The van der Waals surface area contributed by atoms with E-state index in [1.54, 1.807) is 4.72 Å². The first kappa shape index (κ1) is 14.5. The van der Waals surface area contributed by atoms with Crippen molar-refractivity contribution in [2.45, 2.75) is 13.3 Å². The molecule has 1 amide bonds. The molecule has 1 aromatic carbocycles. The first-order chi connectivity index (χ1) is 8.28. The second kappa shape index (κ2) is 5.83. The number of carbonyl (C=O) groups is 2. The Morgan fingerprint density at radius 3 is 2.33 bits per heavy atom. The highest BCUT2D eigenvalue weighted by atomic mass is 35.5.